The summed E-state index contributed by atoms with van der Waals surface area (Å²) in [5, 5.41) is 4.76. The van der Waals surface area contributed by atoms with Crippen molar-refractivity contribution in [1.29, 1.82) is 0 Å². The van der Waals surface area contributed by atoms with Gasteiger partial charge in [-0.25, -0.2) is 0 Å². The number of fused-ring (bicyclic) bond motifs is 1. The van der Waals surface area contributed by atoms with Gasteiger partial charge in [0.25, 0.3) is 5.56 Å². The van der Waals surface area contributed by atoms with E-state index in [2.05, 4.69) is 11.4 Å². The maximum Gasteiger partial charge on any atom is 0.252 e. The van der Waals surface area contributed by atoms with Crippen LogP contribution in [0.15, 0.2) is 35.1 Å². The van der Waals surface area contributed by atoms with Crippen LogP contribution in [-0.2, 0) is 7.05 Å². The number of anilines is 1. The van der Waals surface area contributed by atoms with Crippen LogP contribution >= 0.6 is 0 Å². The number of aryl methyl sites for hydroxylation is 1. The summed E-state index contributed by atoms with van der Waals surface area (Å²) in [4.78, 5) is 12.1. The zero-order valence-electron chi connectivity index (χ0n) is 12.1. The molecule has 1 N–H and O–H groups in total. The van der Waals surface area contributed by atoms with Gasteiger partial charge < -0.3 is 9.88 Å². The molecular formula is C17H22N2O. The summed E-state index contributed by atoms with van der Waals surface area (Å²) in [5.74, 6) is 0. The number of nitrogens with one attached hydrogen (secondary N) is 1. The summed E-state index contributed by atoms with van der Waals surface area (Å²) in [6.45, 7) is 0. The second-order valence-corrected chi connectivity index (χ2v) is 5.81. The summed E-state index contributed by atoms with van der Waals surface area (Å²) >= 11 is 0. The Hall–Kier alpha value is -1.77. The molecule has 0 spiro atoms. The first-order chi connectivity index (χ1) is 9.75. The fourth-order valence-electron chi connectivity index (χ4n) is 3.17. The zero-order valence-corrected chi connectivity index (χ0v) is 12.1. The quantitative estimate of drug-likeness (QED) is 0.845. The van der Waals surface area contributed by atoms with E-state index in [1.165, 1.54) is 38.5 Å². The Morgan fingerprint density at radius 2 is 1.80 bits per heavy atom. The molecule has 20 heavy (non-hydrogen) atoms. The van der Waals surface area contributed by atoms with Crippen LogP contribution in [0.3, 0.4) is 0 Å². The molecule has 3 nitrogen and oxygen atoms in total. The monoisotopic (exact) mass is 270 g/mol. The van der Waals surface area contributed by atoms with Crippen molar-refractivity contribution >= 4 is 16.6 Å². The number of pyridine rings is 1. The smallest absolute Gasteiger partial charge is 0.252 e. The first-order valence-electron chi connectivity index (χ1n) is 7.61. The first-order valence-corrected chi connectivity index (χ1v) is 7.61. The van der Waals surface area contributed by atoms with Gasteiger partial charge in [0.2, 0.25) is 0 Å². The van der Waals surface area contributed by atoms with Crippen LogP contribution < -0.4 is 10.9 Å². The molecule has 0 radical (unpaired) electrons. The fraction of sp³-hybridized carbons (Fsp3) is 0.471. The minimum Gasteiger partial charge on any atom is -0.382 e. The number of benzene rings is 1. The third-order valence-electron chi connectivity index (χ3n) is 4.37. The molecule has 0 atom stereocenters. The standard InChI is InChI=1S/C17H22N2O/c1-19-16-11-7-6-10-14(16)15(12-17(19)20)18-13-8-4-2-3-5-9-13/h6-7,10-13,18H,2-5,8-9H2,1H3. The number of nitrogens with zero attached hydrogens (tertiary/aromatic N) is 1. The molecule has 0 saturated heterocycles. The molecule has 0 bridgehead atoms. The van der Waals surface area contributed by atoms with E-state index in [0.717, 1.165) is 16.6 Å². The Bertz CT molecular complexity index is 652. The van der Waals surface area contributed by atoms with Gasteiger partial charge in [-0.15, -0.1) is 0 Å². The van der Waals surface area contributed by atoms with Crippen molar-refractivity contribution in [3.05, 3.63) is 40.7 Å². The molecule has 1 aliphatic rings. The van der Waals surface area contributed by atoms with E-state index in [9.17, 15) is 4.79 Å². The third kappa shape index (κ3) is 2.58. The predicted octanol–water partition coefficient (Wildman–Crippen LogP) is 3.67. The van der Waals surface area contributed by atoms with Gasteiger partial charge >= 0.3 is 0 Å². The molecule has 1 aromatic heterocycles. The van der Waals surface area contributed by atoms with Gasteiger partial charge in [-0.3, -0.25) is 4.79 Å². The summed E-state index contributed by atoms with van der Waals surface area (Å²) < 4.78 is 1.72. The lowest BCUT2D eigenvalue weighted by Gasteiger charge is -2.19. The minimum atomic E-state index is 0.0554. The zero-order chi connectivity index (χ0) is 13.9. The van der Waals surface area contributed by atoms with Gasteiger partial charge in [0, 0.05) is 30.2 Å². The highest BCUT2D eigenvalue weighted by molar-refractivity contribution is 5.91. The molecule has 1 heterocycles. The number of para-hydroxylation sites is 1. The lowest BCUT2D eigenvalue weighted by atomic mass is 10.1. The highest BCUT2D eigenvalue weighted by Crippen LogP contribution is 2.25. The molecule has 1 aromatic carbocycles. The average molecular weight is 270 g/mol. The molecule has 3 rings (SSSR count). The van der Waals surface area contributed by atoms with E-state index in [0.29, 0.717) is 6.04 Å². The van der Waals surface area contributed by atoms with Gasteiger partial charge in [-0.1, -0.05) is 43.9 Å². The van der Waals surface area contributed by atoms with Crippen molar-refractivity contribution in [1.82, 2.24) is 4.57 Å². The molecule has 0 unspecified atom stereocenters. The molecule has 1 aliphatic carbocycles. The minimum absolute atomic E-state index is 0.0554. The van der Waals surface area contributed by atoms with Crippen molar-refractivity contribution in [3.63, 3.8) is 0 Å². The Kier molecular flexibility index (Phi) is 3.77. The van der Waals surface area contributed by atoms with Crippen LogP contribution in [0.4, 0.5) is 5.69 Å². The summed E-state index contributed by atoms with van der Waals surface area (Å²) in [6.07, 6.45) is 7.69. The van der Waals surface area contributed by atoms with Gasteiger partial charge in [-0.05, 0) is 18.9 Å². The van der Waals surface area contributed by atoms with Crippen LogP contribution in [0.5, 0.6) is 0 Å². The molecular weight excluding hydrogens is 248 g/mol. The third-order valence-corrected chi connectivity index (χ3v) is 4.37. The predicted molar refractivity (Wildman–Crippen MR) is 84.3 cm³/mol. The van der Waals surface area contributed by atoms with Crippen molar-refractivity contribution in [2.75, 3.05) is 5.32 Å². The number of aromatic nitrogens is 1. The Morgan fingerprint density at radius 3 is 2.55 bits per heavy atom. The molecule has 3 heteroatoms. The van der Waals surface area contributed by atoms with E-state index < -0.39 is 0 Å². The van der Waals surface area contributed by atoms with Crippen molar-refractivity contribution in [2.45, 2.75) is 44.6 Å². The fourth-order valence-corrected chi connectivity index (χ4v) is 3.17. The van der Waals surface area contributed by atoms with Crippen LogP contribution in [0.2, 0.25) is 0 Å². The van der Waals surface area contributed by atoms with Gasteiger partial charge in [0.05, 0.1) is 5.52 Å². The van der Waals surface area contributed by atoms with Crippen molar-refractivity contribution < 1.29 is 0 Å². The van der Waals surface area contributed by atoms with Crippen LogP contribution in [0, 0.1) is 0 Å². The Balaban J connectivity index is 1.98. The Morgan fingerprint density at radius 1 is 1.10 bits per heavy atom. The maximum absolute atomic E-state index is 12.1. The lowest BCUT2D eigenvalue weighted by Crippen LogP contribution is -2.22. The van der Waals surface area contributed by atoms with Gasteiger partial charge in [0.1, 0.15) is 0 Å². The highest BCUT2D eigenvalue weighted by atomic mass is 16.1. The second-order valence-electron chi connectivity index (χ2n) is 5.81. The molecule has 0 amide bonds. The van der Waals surface area contributed by atoms with Gasteiger partial charge in [-0.2, -0.15) is 0 Å². The summed E-state index contributed by atoms with van der Waals surface area (Å²) in [6, 6.07) is 10.4. The molecule has 2 aromatic rings. The number of hydrogen-bond donors (Lipinski definition) is 1. The largest absolute Gasteiger partial charge is 0.382 e. The van der Waals surface area contributed by atoms with E-state index in [4.69, 9.17) is 0 Å². The normalized spacial score (nSPS) is 17.1. The molecule has 0 aliphatic heterocycles. The Labute approximate surface area is 119 Å². The van der Waals surface area contributed by atoms with Crippen LogP contribution in [-0.4, -0.2) is 10.6 Å². The first kappa shape index (κ1) is 13.2. The summed E-state index contributed by atoms with van der Waals surface area (Å²) in [7, 11) is 1.83. The number of hydrogen-bond acceptors (Lipinski definition) is 2. The summed E-state index contributed by atoms with van der Waals surface area (Å²) in [5.41, 5.74) is 2.05. The van der Waals surface area contributed by atoms with Gasteiger partial charge in [0.15, 0.2) is 0 Å². The second kappa shape index (κ2) is 5.70. The average Bonchev–Trinajstić information content (AvgIpc) is 2.73. The van der Waals surface area contributed by atoms with Crippen LogP contribution in [0.25, 0.3) is 10.9 Å². The topological polar surface area (TPSA) is 34.0 Å². The molecule has 106 valence electrons. The van der Waals surface area contributed by atoms with Crippen molar-refractivity contribution in [3.8, 4) is 0 Å². The molecule has 1 fully saturated rings. The van der Waals surface area contributed by atoms with Crippen molar-refractivity contribution in [2.24, 2.45) is 7.05 Å². The van der Waals surface area contributed by atoms with E-state index in [1.807, 2.05) is 25.2 Å². The van der Waals surface area contributed by atoms with E-state index >= 15 is 0 Å². The maximum atomic E-state index is 12.1. The van der Waals surface area contributed by atoms with E-state index in [1.54, 1.807) is 10.6 Å². The SMILES string of the molecule is Cn1c(=O)cc(NC2CCCCCC2)c2ccccc21. The van der Waals surface area contributed by atoms with E-state index in [-0.39, 0.29) is 5.56 Å². The lowest BCUT2D eigenvalue weighted by molar-refractivity contribution is 0.620. The highest BCUT2D eigenvalue weighted by Gasteiger charge is 2.14. The number of rotatable bonds is 2. The molecule has 1 saturated carbocycles. The van der Waals surface area contributed by atoms with Crippen LogP contribution in [0.1, 0.15) is 38.5 Å².